The minimum Gasteiger partial charge on any atom is -0.298 e. The van der Waals surface area contributed by atoms with Gasteiger partial charge in [-0.05, 0) is 13.0 Å². The van der Waals surface area contributed by atoms with Crippen molar-refractivity contribution in [1.82, 2.24) is 0 Å². The van der Waals surface area contributed by atoms with E-state index in [1.165, 1.54) is 18.7 Å². The lowest BCUT2D eigenvalue weighted by Crippen LogP contribution is -2.19. The van der Waals surface area contributed by atoms with Crippen LogP contribution in [0, 0.1) is 0 Å². The maximum Gasteiger partial charge on any atom is 0.184 e. The maximum atomic E-state index is 11.6. The van der Waals surface area contributed by atoms with E-state index in [-0.39, 0.29) is 11.6 Å². The lowest BCUT2D eigenvalue weighted by atomic mass is 10.1. The van der Waals surface area contributed by atoms with Crippen LogP contribution >= 0.6 is 11.8 Å². The first kappa shape index (κ1) is 8.51. The van der Waals surface area contributed by atoms with Crippen LogP contribution < -0.4 is 0 Å². The Labute approximate surface area is 80.3 Å². The summed E-state index contributed by atoms with van der Waals surface area (Å²) < 4.78 is 0. The number of carbonyl (C=O) groups is 2. The minimum atomic E-state index is -0.502. The van der Waals surface area contributed by atoms with Gasteiger partial charge >= 0.3 is 0 Å². The average Bonchev–Trinajstić information content (AvgIpc) is 2.45. The Balaban J connectivity index is 2.44. The zero-order chi connectivity index (χ0) is 9.42. The molecular formula is C10H8O2S. The van der Waals surface area contributed by atoms with Crippen LogP contribution in [0.15, 0.2) is 29.2 Å². The number of Topliss-reactive ketones (excluding diaryl/α,β-unsaturated/α-hetero) is 2. The third-order valence-corrected chi connectivity index (χ3v) is 3.40. The van der Waals surface area contributed by atoms with Crippen LogP contribution in [0.25, 0.3) is 0 Å². The van der Waals surface area contributed by atoms with Gasteiger partial charge in [-0.3, -0.25) is 9.59 Å². The largest absolute Gasteiger partial charge is 0.298 e. The van der Waals surface area contributed by atoms with Gasteiger partial charge < -0.3 is 0 Å². The first-order valence-corrected chi connectivity index (χ1v) is 4.88. The Kier molecular flexibility index (Phi) is 1.96. The molecule has 2 nitrogen and oxygen atoms in total. The molecule has 13 heavy (non-hydrogen) atoms. The number of fused-ring (bicyclic) bond motifs is 1. The molecule has 0 fully saturated rings. The number of hydrogen-bond donors (Lipinski definition) is 0. The molecule has 2 rings (SSSR count). The third kappa shape index (κ3) is 1.29. The number of rotatable bonds is 1. The van der Waals surface area contributed by atoms with Crippen molar-refractivity contribution in [2.45, 2.75) is 17.1 Å². The summed E-state index contributed by atoms with van der Waals surface area (Å²) in [5, 5.41) is -0.502. The van der Waals surface area contributed by atoms with Gasteiger partial charge in [-0.15, -0.1) is 11.8 Å². The van der Waals surface area contributed by atoms with Crippen molar-refractivity contribution in [1.29, 1.82) is 0 Å². The molecule has 3 heteroatoms. The van der Waals surface area contributed by atoms with Gasteiger partial charge in [0.25, 0.3) is 0 Å². The average molecular weight is 192 g/mol. The van der Waals surface area contributed by atoms with Crippen molar-refractivity contribution < 1.29 is 9.59 Å². The van der Waals surface area contributed by atoms with E-state index < -0.39 is 5.25 Å². The Hall–Kier alpha value is -1.09. The fourth-order valence-electron chi connectivity index (χ4n) is 1.36. The zero-order valence-electron chi connectivity index (χ0n) is 7.11. The first-order chi connectivity index (χ1) is 6.20. The standard InChI is InChI=1S/C10H8O2S/c1-6(11)10-9(12)7-4-2-3-5-8(7)13-10/h2-5,10H,1H3/t10-/m1/s1. The second-order valence-electron chi connectivity index (χ2n) is 2.97. The maximum absolute atomic E-state index is 11.6. The van der Waals surface area contributed by atoms with E-state index in [1.54, 1.807) is 6.07 Å². The van der Waals surface area contributed by atoms with E-state index >= 15 is 0 Å². The summed E-state index contributed by atoms with van der Waals surface area (Å²) in [5.41, 5.74) is 0.688. The Morgan fingerprint density at radius 2 is 2.08 bits per heavy atom. The normalized spacial score (nSPS) is 20.1. The number of hydrogen-bond acceptors (Lipinski definition) is 3. The van der Waals surface area contributed by atoms with Crippen molar-refractivity contribution in [3.8, 4) is 0 Å². The summed E-state index contributed by atoms with van der Waals surface area (Å²) >= 11 is 1.35. The molecule has 0 saturated heterocycles. The van der Waals surface area contributed by atoms with E-state index in [0.29, 0.717) is 5.56 Å². The van der Waals surface area contributed by atoms with Gasteiger partial charge in [-0.2, -0.15) is 0 Å². The highest BCUT2D eigenvalue weighted by molar-refractivity contribution is 8.02. The number of benzene rings is 1. The number of carbonyl (C=O) groups excluding carboxylic acids is 2. The highest BCUT2D eigenvalue weighted by atomic mass is 32.2. The van der Waals surface area contributed by atoms with Crippen LogP contribution in [0.1, 0.15) is 17.3 Å². The van der Waals surface area contributed by atoms with Gasteiger partial charge in [0.15, 0.2) is 11.6 Å². The molecule has 0 radical (unpaired) electrons. The first-order valence-electron chi connectivity index (χ1n) is 4.00. The Morgan fingerprint density at radius 3 is 2.69 bits per heavy atom. The molecule has 0 aromatic heterocycles. The Morgan fingerprint density at radius 1 is 1.38 bits per heavy atom. The van der Waals surface area contributed by atoms with Gasteiger partial charge in [0, 0.05) is 10.5 Å². The molecule has 1 atom stereocenters. The molecule has 1 heterocycles. The van der Waals surface area contributed by atoms with Crippen molar-refractivity contribution in [2.75, 3.05) is 0 Å². The van der Waals surface area contributed by atoms with Crippen LogP contribution in [-0.2, 0) is 4.79 Å². The fraction of sp³-hybridized carbons (Fsp3) is 0.200. The van der Waals surface area contributed by atoms with Gasteiger partial charge in [-0.25, -0.2) is 0 Å². The molecule has 0 N–H and O–H groups in total. The zero-order valence-corrected chi connectivity index (χ0v) is 7.93. The molecule has 66 valence electrons. The van der Waals surface area contributed by atoms with E-state index in [2.05, 4.69) is 0 Å². The molecule has 0 amide bonds. The minimum absolute atomic E-state index is 0.0481. The molecule has 1 aliphatic heterocycles. The Bertz CT molecular complexity index is 384. The van der Waals surface area contributed by atoms with Gasteiger partial charge in [0.05, 0.1) is 0 Å². The number of thioether (sulfide) groups is 1. The molecule has 1 aromatic carbocycles. The smallest absolute Gasteiger partial charge is 0.184 e. The van der Waals surface area contributed by atoms with Gasteiger partial charge in [0.1, 0.15) is 5.25 Å². The lowest BCUT2D eigenvalue weighted by Gasteiger charge is -1.98. The van der Waals surface area contributed by atoms with Gasteiger partial charge in [0.2, 0.25) is 0 Å². The second-order valence-corrected chi connectivity index (χ2v) is 4.12. The van der Waals surface area contributed by atoms with E-state index in [4.69, 9.17) is 0 Å². The fourth-order valence-corrected chi connectivity index (χ4v) is 2.47. The van der Waals surface area contributed by atoms with Crippen molar-refractivity contribution in [3.05, 3.63) is 29.8 Å². The molecule has 0 aliphatic carbocycles. The molecular weight excluding hydrogens is 184 g/mol. The van der Waals surface area contributed by atoms with Crippen LogP contribution in [0.2, 0.25) is 0 Å². The quantitative estimate of drug-likeness (QED) is 0.637. The van der Waals surface area contributed by atoms with Crippen LogP contribution in [0.5, 0.6) is 0 Å². The number of ketones is 2. The predicted molar refractivity (Wildman–Crippen MR) is 51.1 cm³/mol. The highest BCUT2D eigenvalue weighted by Gasteiger charge is 2.33. The second kappa shape index (κ2) is 3.00. The summed E-state index contributed by atoms with van der Waals surface area (Å²) in [7, 11) is 0. The van der Waals surface area contributed by atoms with Crippen molar-refractivity contribution >= 4 is 23.3 Å². The molecule has 0 unspecified atom stereocenters. The highest BCUT2D eigenvalue weighted by Crippen LogP contribution is 2.36. The molecule has 1 aromatic rings. The lowest BCUT2D eigenvalue weighted by molar-refractivity contribution is -0.115. The van der Waals surface area contributed by atoms with E-state index in [9.17, 15) is 9.59 Å². The SMILES string of the molecule is CC(=O)[C@H]1Sc2ccccc2C1=O. The van der Waals surface area contributed by atoms with Gasteiger partial charge in [-0.1, -0.05) is 18.2 Å². The summed E-state index contributed by atoms with van der Waals surface area (Å²) in [6.45, 7) is 1.46. The van der Waals surface area contributed by atoms with Crippen LogP contribution in [0.4, 0.5) is 0 Å². The molecule has 0 bridgehead atoms. The van der Waals surface area contributed by atoms with Crippen molar-refractivity contribution in [2.24, 2.45) is 0 Å². The topological polar surface area (TPSA) is 34.1 Å². The third-order valence-electron chi connectivity index (χ3n) is 2.00. The van der Waals surface area contributed by atoms with E-state index in [1.807, 2.05) is 18.2 Å². The summed E-state index contributed by atoms with van der Waals surface area (Å²) in [6.07, 6.45) is 0. The van der Waals surface area contributed by atoms with Crippen molar-refractivity contribution in [3.63, 3.8) is 0 Å². The molecule has 0 saturated carbocycles. The molecule has 1 aliphatic rings. The van der Waals surface area contributed by atoms with Crippen LogP contribution in [0.3, 0.4) is 0 Å². The predicted octanol–water partition coefficient (Wildman–Crippen LogP) is 1.93. The van der Waals surface area contributed by atoms with Crippen LogP contribution in [-0.4, -0.2) is 16.8 Å². The van der Waals surface area contributed by atoms with E-state index in [0.717, 1.165) is 4.90 Å². The summed E-state index contributed by atoms with van der Waals surface area (Å²) in [6, 6.07) is 7.34. The molecule has 0 spiro atoms. The monoisotopic (exact) mass is 192 g/mol. The summed E-state index contributed by atoms with van der Waals surface area (Å²) in [5.74, 6) is -0.112. The summed E-state index contributed by atoms with van der Waals surface area (Å²) in [4.78, 5) is 23.6.